The van der Waals surface area contributed by atoms with Gasteiger partial charge in [-0.25, -0.2) is 4.79 Å². The van der Waals surface area contributed by atoms with Gasteiger partial charge >= 0.3 is 6.03 Å². The lowest BCUT2D eigenvalue weighted by molar-refractivity contribution is -0.128. The maximum absolute atomic E-state index is 12.5. The average Bonchev–Trinajstić information content (AvgIpc) is 2.65. The van der Waals surface area contributed by atoms with Crippen molar-refractivity contribution in [3.8, 4) is 0 Å². The predicted molar refractivity (Wildman–Crippen MR) is 73.9 cm³/mol. The Kier molecular flexibility index (Phi) is 3.42. The molecule has 0 bridgehead atoms. The highest BCUT2D eigenvalue weighted by Gasteiger charge is 2.45. The minimum atomic E-state index is -0.242. The summed E-state index contributed by atoms with van der Waals surface area (Å²) < 4.78 is 0. The standard InChI is InChI=1S/C15H19N3O2/c1-11-6-5-8-16-12(11)10-18-14(19)13-7-3-2-4-9-17(13)15(18)20/h5-6,8,13H,2-4,7,9-10H2,1H3. The van der Waals surface area contributed by atoms with Crippen LogP contribution in [0.3, 0.4) is 0 Å². The van der Waals surface area contributed by atoms with Crippen LogP contribution in [0, 0.1) is 6.92 Å². The van der Waals surface area contributed by atoms with Crippen LogP contribution < -0.4 is 0 Å². The van der Waals surface area contributed by atoms with Gasteiger partial charge in [0.25, 0.3) is 5.91 Å². The summed E-state index contributed by atoms with van der Waals surface area (Å²) >= 11 is 0. The van der Waals surface area contributed by atoms with Crippen LogP contribution in [0.4, 0.5) is 4.79 Å². The number of carbonyl (C=O) groups excluding carboxylic acids is 2. The third kappa shape index (κ3) is 2.17. The van der Waals surface area contributed by atoms with Gasteiger partial charge in [-0.05, 0) is 31.4 Å². The van der Waals surface area contributed by atoms with E-state index >= 15 is 0 Å². The molecule has 0 saturated carbocycles. The predicted octanol–water partition coefficient (Wildman–Crippen LogP) is 2.10. The minimum absolute atomic E-state index is 0.0537. The Bertz CT molecular complexity index is 520. The molecule has 1 atom stereocenters. The second-order valence-corrected chi connectivity index (χ2v) is 5.53. The van der Waals surface area contributed by atoms with Gasteiger partial charge in [0.2, 0.25) is 0 Å². The summed E-state index contributed by atoms with van der Waals surface area (Å²) in [5, 5.41) is 0. The van der Waals surface area contributed by atoms with E-state index in [-0.39, 0.29) is 24.5 Å². The molecule has 2 saturated heterocycles. The largest absolute Gasteiger partial charge is 0.327 e. The van der Waals surface area contributed by atoms with E-state index in [1.807, 2.05) is 19.1 Å². The number of pyridine rings is 1. The van der Waals surface area contributed by atoms with Gasteiger partial charge in [-0.1, -0.05) is 18.9 Å². The zero-order valence-corrected chi connectivity index (χ0v) is 11.7. The van der Waals surface area contributed by atoms with E-state index in [1.165, 1.54) is 4.90 Å². The second kappa shape index (κ2) is 5.23. The molecular weight excluding hydrogens is 254 g/mol. The molecule has 0 N–H and O–H groups in total. The molecule has 2 fully saturated rings. The van der Waals surface area contributed by atoms with Gasteiger partial charge in [0.15, 0.2) is 0 Å². The van der Waals surface area contributed by atoms with Crippen LogP contribution in [0.15, 0.2) is 18.3 Å². The number of fused-ring (bicyclic) bond motifs is 1. The number of amides is 3. The number of aryl methyl sites for hydroxylation is 1. The summed E-state index contributed by atoms with van der Waals surface area (Å²) in [6.07, 6.45) is 5.61. The molecule has 1 aromatic heterocycles. The first-order chi connectivity index (χ1) is 9.68. The Morgan fingerprint density at radius 2 is 2.15 bits per heavy atom. The van der Waals surface area contributed by atoms with E-state index in [0.717, 1.165) is 36.9 Å². The van der Waals surface area contributed by atoms with Gasteiger partial charge < -0.3 is 4.90 Å². The quantitative estimate of drug-likeness (QED) is 0.775. The smallest absolute Gasteiger partial charge is 0.312 e. The van der Waals surface area contributed by atoms with Gasteiger partial charge in [0.1, 0.15) is 6.04 Å². The summed E-state index contributed by atoms with van der Waals surface area (Å²) in [6.45, 7) is 2.94. The van der Waals surface area contributed by atoms with Gasteiger partial charge in [0.05, 0.1) is 12.2 Å². The van der Waals surface area contributed by atoms with Crippen molar-refractivity contribution in [1.82, 2.24) is 14.8 Å². The summed E-state index contributed by atoms with van der Waals surface area (Å²) in [4.78, 5) is 32.3. The van der Waals surface area contributed by atoms with Crippen LogP contribution in [0.2, 0.25) is 0 Å². The van der Waals surface area contributed by atoms with Crippen molar-refractivity contribution < 1.29 is 9.59 Å². The van der Waals surface area contributed by atoms with Crippen LogP contribution in [0.25, 0.3) is 0 Å². The van der Waals surface area contributed by atoms with E-state index in [2.05, 4.69) is 4.98 Å². The summed E-state index contributed by atoms with van der Waals surface area (Å²) in [5.74, 6) is -0.0537. The molecule has 2 aliphatic rings. The first kappa shape index (κ1) is 13.1. The number of aromatic nitrogens is 1. The van der Waals surface area contributed by atoms with Gasteiger partial charge in [-0.3, -0.25) is 14.7 Å². The molecule has 0 spiro atoms. The van der Waals surface area contributed by atoms with Crippen molar-refractivity contribution >= 4 is 11.9 Å². The number of hydrogen-bond acceptors (Lipinski definition) is 3. The maximum atomic E-state index is 12.5. The number of imide groups is 1. The molecule has 0 aromatic carbocycles. The SMILES string of the molecule is Cc1cccnc1CN1C(=O)C2CCCCCN2C1=O. The number of nitrogens with zero attached hydrogens (tertiary/aromatic N) is 3. The van der Waals surface area contributed by atoms with E-state index in [0.29, 0.717) is 6.54 Å². The molecule has 5 heteroatoms. The highest BCUT2D eigenvalue weighted by atomic mass is 16.2. The van der Waals surface area contributed by atoms with Gasteiger partial charge in [0, 0.05) is 12.7 Å². The lowest BCUT2D eigenvalue weighted by Gasteiger charge is -2.18. The van der Waals surface area contributed by atoms with Crippen LogP contribution in [-0.4, -0.2) is 39.3 Å². The molecule has 3 amide bonds. The molecular formula is C15H19N3O2. The van der Waals surface area contributed by atoms with E-state index in [4.69, 9.17) is 0 Å². The van der Waals surface area contributed by atoms with Crippen molar-refractivity contribution in [3.63, 3.8) is 0 Å². The molecule has 3 rings (SSSR count). The molecule has 0 radical (unpaired) electrons. The number of hydrogen-bond donors (Lipinski definition) is 0. The molecule has 5 nitrogen and oxygen atoms in total. The number of carbonyl (C=O) groups is 2. The van der Waals surface area contributed by atoms with Crippen LogP contribution in [-0.2, 0) is 11.3 Å². The molecule has 20 heavy (non-hydrogen) atoms. The van der Waals surface area contributed by atoms with Crippen LogP contribution in [0.5, 0.6) is 0 Å². The van der Waals surface area contributed by atoms with Crippen molar-refractivity contribution in [2.45, 2.75) is 45.2 Å². The summed E-state index contributed by atoms with van der Waals surface area (Å²) in [6, 6.07) is 3.42. The van der Waals surface area contributed by atoms with Crippen molar-refractivity contribution in [1.29, 1.82) is 0 Å². The number of urea groups is 1. The lowest BCUT2D eigenvalue weighted by atomic mass is 10.1. The maximum Gasteiger partial charge on any atom is 0.327 e. The van der Waals surface area contributed by atoms with E-state index < -0.39 is 0 Å². The van der Waals surface area contributed by atoms with E-state index in [9.17, 15) is 9.59 Å². The van der Waals surface area contributed by atoms with Gasteiger partial charge in [-0.2, -0.15) is 0 Å². The lowest BCUT2D eigenvalue weighted by Crippen LogP contribution is -2.34. The Morgan fingerprint density at radius 1 is 1.30 bits per heavy atom. The third-order valence-corrected chi connectivity index (χ3v) is 4.21. The number of rotatable bonds is 2. The van der Waals surface area contributed by atoms with E-state index in [1.54, 1.807) is 11.1 Å². The molecule has 0 aliphatic carbocycles. The Labute approximate surface area is 118 Å². The highest BCUT2D eigenvalue weighted by Crippen LogP contribution is 2.27. The first-order valence-corrected chi connectivity index (χ1v) is 7.21. The third-order valence-electron chi connectivity index (χ3n) is 4.21. The highest BCUT2D eigenvalue weighted by molar-refractivity contribution is 6.04. The fraction of sp³-hybridized carbons (Fsp3) is 0.533. The van der Waals surface area contributed by atoms with Crippen LogP contribution in [0.1, 0.15) is 36.9 Å². The topological polar surface area (TPSA) is 53.5 Å². The van der Waals surface area contributed by atoms with Crippen molar-refractivity contribution in [2.75, 3.05) is 6.54 Å². The molecule has 2 aliphatic heterocycles. The van der Waals surface area contributed by atoms with Crippen LogP contribution >= 0.6 is 0 Å². The zero-order chi connectivity index (χ0) is 14.1. The average molecular weight is 273 g/mol. The first-order valence-electron chi connectivity index (χ1n) is 7.21. The van der Waals surface area contributed by atoms with Crippen molar-refractivity contribution in [3.05, 3.63) is 29.6 Å². The Morgan fingerprint density at radius 3 is 2.95 bits per heavy atom. The summed E-state index contributed by atoms with van der Waals surface area (Å²) in [7, 11) is 0. The molecule has 1 aromatic rings. The molecule has 106 valence electrons. The second-order valence-electron chi connectivity index (χ2n) is 5.53. The molecule has 3 heterocycles. The summed E-state index contributed by atoms with van der Waals surface area (Å²) in [5.41, 5.74) is 1.81. The molecule has 1 unspecified atom stereocenters. The Balaban J connectivity index is 1.82. The van der Waals surface area contributed by atoms with Crippen molar-refractivity contribution in [2.24, 2.45) is 0 Å². The monoisotopic (exact) mass is 273 g/mol. The fourth-order valence-corrected chi connectivity index (χ4v) is 3.00. The normalized spacial score (nSPS) is 22.9. The zero-order valence-electron chi connectivity index (χ0n) is 11.7. The fourth-order valence-electron chi connectivity index (χ4n) is 3.00. The minimum Gasteiger partial charge on any atom is -0.312 e. The van der Waals surface area contributed by atoms with Gasteiger partial charge in [-0.15, -0.1) is 0 Å². The Hall–Kier alpha value is -1.91.